The third-order valence-corrected chi connectivity index (χ3v) is 3.31. The van der Waals surface area contributed by atoms with E-state index in [2.05, 4.69) is 15.1 Å². The molecule has 1 aliphatic rings. The molecule has 2 atom stereocenters. The van der Waals surface area contributed by atoms with Crippen LogP contribution in [0.15, 0.2) is 6.33 Å². The van der Waals surface area contributed by atoms with E-state index in [0.717, 1.165) is 6.42 Å². The fourth-order valence-corrected chi connectivity index (χ4v) is 2.38. The van der Waals surface area contributed by atoms with Crippen LogP contribution in [0.3, 0.4) is 0 Å². The molecule has 20 heavy (non-hydrogen) atoms. The van der Waals surface area contributed by atoms with Crippen LogP contribution in [0.2, 0.25) is 0 Å². The molecule has 0 aromatic carbocycles. The van der Waals surface area contributed by atoms with Gasteiger partial charge in [0.25, 0.3) is 0 Å². The van der Waals surface area contributed by atoms with Crippen LogP contribution in [0, 0.1) is 11.3 Å². The van der Waals surface area contributed by atoms with E-state index in [1.165, 1.54) is 13.4 Å². The molecule has 2 aromatic heterocycles. The smallest absolute Gasteiger partial charge is 0.228 e. The second-order valence-corrected chi connectivity index (χ2v) is 4.46. The Labute approximate surface area is 114 Å². The van der Waals surface area contributed by atoms with Gasteiger partial charge in [0, 0.05) is 0 Å². The van der Waals surface area contributed by atoms with E-state index in [0.29, 0.717) is 23.3 Å². The molecule has 2 aromatic rings. The maximum Gasteiger partial charge on any atom is 0.228 e. The van der Waals surface area contributed by atoms with Crippen LogP contribution in [0.5, 0.6) is 5.88 Å². The molecule has 0 bridgehead atoms. The van der Waals surface area contributed by atoms with E-state index in [-0.39, 0.29) is 24.6 Å². The lowest BCUT2D eigenvalue weighted by Gasteiger charge is -2.12. The number of fused-ring (bicyclic) bond motifs is 1. The normalized spacial score (nSPS) is 22.1. The van der Waals surface area contributed by atoms with Gasteiger partial charge in [0.15, 0.2) is 17.6 Å². The summed E-state index contributed by atoms with van der Waals surface area (Å²) < 4.78 is 12.4. The quantitative estimate of drug-likeness (QED) is 0.862. The Morgan fingerprint density at radius 2 is 2.40 bits per heavy atom. The summed E-state index contributed by atoms with van der Waals surface area (Å²) in [6.45, 7) is -0.0287. The van der Waals surface area contributed by atoms with Crippen molar-refractivity contribution in [1.29, 1.82) is 5.26 Å². The number of nitrogens with zero attached hydrogens (tertiary/aromatic N) is 5. The minimum atomic E-state index is -0.337. The highest BCUT2D eigenvalue weighted by Crippen LogP contribution is 2.32. The van der Waals surface area contributed by atoms with Gasteiger partial charge in [-0.25, -0.2) is 14.6 Å². The number of aliphatic hydroxyl groups excluding tert-OH is 1. The molecular weight excluding hydrogens is 262 g/mol. The number of ether oxygens (including phenoxy) is 2. The summed E-state index contributed by atoms with van der Waals surface area (Å²) >= 11 is 0. The standard InChI is InChI=1S/C12H13N5O3/c1-19-12-10-8(4-13)16-17(11(10)14-6-15-12)9-3-2-7(5-18)20-9/h6-7,9,18H,2-3,5H2,1H3. The van der Waals surface area contributed by atoms with Gasteiger partial charge in [-0.2, -0.15) is 10.4 Å². The first kappa shape index (κ1) is 12.8. The summed E-state index contributed by atoms with van der Waals surface area (Å²) in [5.41, 5.74) is 0.700. The molecule has 3 rings (SSSR count). The lowest BCUT2D eigenvalue weighted by Crippen LogP contribution is -2.15. The largest absolute Gasteiger partial charge is 0.480 e. The molecule has 0 saturated carbocycles. The predicted molar refractivity (Wildman–Crippen MR) is 66.8 cm³/mol. The van der Waals surface area contributed by atoms with Crippen LogP contribution in [0.25, 0.3) is 11.0 Å². The minimum absolute atomic E-state index is 0.0287. The molecular formula is C12H13N5O3. The molecule has 1 N–H and O–H groups in total. The van der Waals surface area contributed by atoms with Crippen molar-refractivity contribution >= 4 is 11.0 Å². The van der Waals surface area contributed by atoms with Crippen molar-refractivity contribution in [2.24, 2.45) is 0 Å². The van der Waals surface area contributed by atoms with Crippen molar-refractivity contribution in [2.45, 2.75) is 25.2 Å². The van der Waals surface area contributed by atoms with Crippen LogP contribution in [-0.2, 0) is 4.74 Å². The van der Waals surface area contributed by atoms with Crippen LogP contribution in [0.1, 0.15) is 24.8 Å². The number of nitriles is 1. The molecule has 2 unspecified atom stereocenters. The van der Waals surface area contributed by atoms with Crippen LogP contribution >= 0.6 is 0 Å². The van der Waals surface area contributed by atoms with Crippen molar-refractivity contribution in [3.63, 3.8) is 0 Å². The number of hydrogen-bond donors (Lipinski definition) is 1. The van der Waals surface area contributed by atoms with E-state index in [4.69, 9.17) is 14.6 Å². The zero-order valence-electron chi connectivity index (χ0n) is 10.9. The second kappa shape index (κ2) is 5.03. The summed E-state index contributed by atoms with van der Waals surface area (Å²) in [5.74, 6) is 0.314. The van der Waals surface area contributed by atoms with Crippen molar-refractivity contribution in [3.05, 3.63) is 12.0 Å². The number of methoxy groups -OCH3 is 1. The fraction of sp³-hybridized carbons (Fsp3) is 0.500. The van der Waals surface area contributed by atoms with Crippen molar-refractivity contribution in [1.82, 2.24) is 19.7 Å². The third-order valence-electron chi connectivity index (χ3n) is 3.31. The average molecular weight is 275 g/mol. The number of hydrogen-bond acceptors (Lipinski definition) is 7. The Bertz CT molecular complexity index is 678. The fourth-order valence-electron chi connectivity index (χ4n) is 2.38. The van der Waals surface area contributed by atoms with E-state index < -0.39 is 0 Å². The second-order valence-electron chi connectivity index (χ2n) is 4.46. The minimum Gasteiger partial charge on any atom is -0.480 e. The van der Waals surface area contributed by atoms with Crippen molar-refractivity contribution < 1.29 is 14.6 Å². The van der Waals surface area contributed by atoms with Crippen molar-refractivity contribution in [3.8, 4) is 11.9 Å². The number of aromatic nitrogens is 4. The first-order chi connectivity index (χ1) is 9.78. The molecule has 1 saturated heterocycles. The zero-order chi connectivity index (χ0) is 14.1. The average Bonchev–Trinajstić information content (AvgIpc) is 3.10. The molecule has 8 nitrogen and oxygen atoms in total. The Hall–Kier alpha value is -2.24. The Morgan fingerprint density at radius 3 is 3.05 bits per heavy atom. The van der Waals surface area contributed by atoms with Crippen LogP contribution < -0.4 is 4.74 Å². The maximum atomic E-state index is 9.19. The number of aliphatic hydroxyl groups is 1. The summed E-state index contributed by atoms with van der Waals surface area (Å²) in [4.78, 5) is 8.16. The lowest BCUT2D eigenvalue weighted by molar-refractivity contribution is -0.0263. The highest BCUT2D eigenvalue weighted by molar-refractivity contribution is 5.85. The van der Waals surface area contributed by atoms with Crippen LogP contribution in [-0.4, -0.2) is 44.7 Å². The molecule has 0 amide bonds. The van der Waals surface area contributed by atoms with E-state index in [1.807, 2.05) is 6.07 Å². The molecule has 1 aliphatic heterocycles. The lowest BCUT2D eigenvalue weighted by atomic mass is 10.2. The molecule has 104 valence electrons. The van der Waals surface area contributed by atoms with E-state index in [1.54, 1.807) is 4.68 Å². The SMILES string of the molecule is COc1ncnc2c1c(C#N)nn2C1CCC(CO)O1. The Kier molecular flexibility index (Phi) is 3.22. The highest BCUT2D eigenvalue weighted by atomic mass is 16.5. The first-order valence-electron chi connectivity index (χ1n) is 6.22. The van der Waals surface area contributed by atoms with Gasteiger partial charge in [-0.15, -0.1) is 0 Å². The predicted octanol–water partition coefficient (Wildman–Crippen LogP) is 0.376. The van der Waals surface area contributed by atoms with Gasteiger partial charge >= 0.3 is 0 Å². The maximum absolute atomic E-state index is 9.19. The monoisotopic (exact) mass is 275 g/mol. The van der Waals surface area contributed by atoms with Gasteiger partial charge < -0.3 is 14.6 Å². The van der Waals surface area contributed by atoms with Gasteiger partial charge in [0.1, 0.15) is 17.8 Å². The van der Waals surface area contributed by atoms with Gasteiger partial charge in [0.2, 0.25) is 5.88 Å². The molecule has 3 heterocycles. The highest BCUT2D eigenvalue weighted by Gasteiger charge is 2.30. The summed E-state index contributed by atoms with van der Waals surface area (Å²) in [6.07, 6.45) is 2.27. The zero-order valence-corrected chi connectivity index (χ0v) is 10.9. The first-order valence-corrected chi connectivity index (χ1v) is 6.22. The van der Waals surface area contributed by atoms with E-state index in [9.17, 15) is 5.26 Å². The molecule has 0 radical (unpaired) electrons. The summed E-state index contributed by atoms with van der Waals surface area (Å²) in [7, 11) is 1.48. The van der Waals surface area contributed by atoms with Gasteiger partial charge in [0.05, 0.1) is 19.8 Å². The van der Waals surface area contributed by atoms with Gasteiger partial charge in [-0.05, 0) is 12.8 Å². The molecule has 1 fully saturated rings. The summed E-state index contributed by atoms with van der Waals surface area (Å²) in [6, 6.07) is 2.02. The molecule has 8 heteroatoms. The van der Waals surface area contributed by atoms with Crippen LogP contribution in [0.4, 0.5) is 0 Å². The van der Waals surface area contributed by atoms with E-state index >= 15 is 0 Å². The van der Waals surface area contributed by atoms with Gasteiger partial charge in [-0.1, -0.05) is 0 Å². The van der Waals surface area contributed by atoms with Crippen molar-refractivity contribution in [2.75, 3.05) is 13.7 Å². The Balaban J connectivity index is 2.11. The Morgan fingerprint density at radius 1 is 1.55 bits per heavy atom. The molecule has 0 spiro atoms. The molecule has 0 aliphatic carbocycles. The topological polar surface area (TPSA) is 106 Å². The summed E-state index contributed by atoms with van der Waals surface area (Å²) in [5, 5.41) is 23.0. The third kappa shape index (κ3) is 1.88. The number of rotatable bonds is 3. The van der Waals surface area contributed by atoms with Gasteiger partial charge in [-0.3, -0.25) is 0 Å².